The van der Waals surface area contributed by atoms with Crippen LogP contribution in [0.15, 0.2) is 29.0 Å². The fraction of sp³-hybridized carbons (Fsp3) is 0.632. The van der Waals surface area contributed by atoms with Crippen molar-refractivity contribution in [2.75, 3.05) is 33.2 Å². The maximum Gasteiger partial charge on any atom is 0.274 e. The van der Waals surface area contributed by atoms with E-state index in [9.17, 15) is 13.6 Å². The van der Waals surface area contributed by atoms with Crippen molar-refractivity contribution in [1.29, 1.82) is 5.26 Å². The highest BCUT2D eigenvalue weighted by Crippen LogP contribution is 2.49. The van der Waals surface area contributed by atoms with Crippen molar-refractivity contribution in [1.82, 2.24) is 20.0 Å². The first kappa shape index (κ1) is 20.3. The Morgan fingerprint density at radius 2 is 2.25 bits per heavy atom. The van der Waals surface area contributed by atoms with Crippen LogP contribution < -0.4 is 5.32 Å². The lowest BCUT2D eigenvalue weighted by molar-refractivity contribution is -0.144. The molecule has 9 heteroatoms. The van der Waals surface area contributed by atoms with Gasteiger partial charge in [0.2, 0.25) is 5.91 Å². The third-order valence-corrected chi connectivity index (χ3v) is 5.87. The predicted octanol–water partition coefficient (Wildman–Crippen LogP) is 1.52. The number of hydrogen-bond donors (Lipinski definition) is 1. The number of aliphatic imine (C=N–C) groups is 1. The third kappa shape index (κ3) is 3.05. The van der Waals surface area contributed by atoms with Gasteiger partial charge in [0.15, 0.2) is 0 Å². The Hall–Kier alpha value is -2.47. The van der Waals surface area contributed by atoms with Crippen LogP contribution in [0, 0.1) is 11.3 Å². The molecule has 2 fully saturated rings. The van der Waals surface area contributed by atoms with Gasteiger partial charge in [-0.25, -0.2) is 13.8 Å². The van der Waals surface area contributed by atoms with Crippen molar-refractivity contribution >= 4 is 12.2 Å². The number of nitrogens with zero attached hydrogens (tertiary/aromatic N) is 5. The van der Waals surface area contributed by atoms with E-state index >= 15 is 0 Å². The maximum atomic E-state index is 14.9. The zero-order valence-corrected chi connectivity index (χ0v) is 16.3. The summed E-state index contributed by atoms with van der Waals surface area (Å²) in [5.74, 6) is -2.93. The van der Waals surface area contributed by atoms with E-state index in [1.54, 1.807) is 18.5 Å². The van der Waals surface area contributed by atoms with Crippen molar-refractivity contribution < 1.29 is 13.6 Å². The van der Waals surface area contributed by atoms with Gasteiger partial charge in [-0.3, -0.25) is 10.1 Å². The van der Waals surface area contributed by atoms with E-state index in [2.05, 4.69) is 16.9 Å². The number of carbonyl (C=O) groups excluding carboxylic acids is 1. The molecular formula is C19H26F2N6O. The van der Waals surface area contributed by atoms with Gasteiger partial charge in [0.25, 0.3) is 5.92 Å². The van der Waals surface area contributed by atoms with Gasteiger partial charge in [0, 0.05) is 38.7 Å². The number of alkyl halides is 2. The SMILES string of the molecule is C=CC1=C(N2CCC3(C2)N(C(=O)CC#N)CCC3(F)F)N=CN(C)C1NCC. The van der Waals surface area contributed by atoms with Crippen molar-refractivity contribution in [2.45, 2.75) is 43.8 Å². The summed E-state index contributed by atoms with van der Waals surface area (Å²) in [6, 6.07) is 1.78. The smallest absolute Gasteiger partial charge is 0.274 e. The number of hydrogen-bond acceptors (Lipinski definition) is 6. The molecule has 3 aliphatic heterocycles. The summed E-state index contributed by atoms with van der Waals surface area (Å²) in [6.07, 6.45) is 2.61. The van der Waals surface area contributed by atoms with E-state index < -0.39 is 17.4 Å². The molecule has 2 atom stereocenters. The van der Waals surface area contributed by atoms with E-state index in [1.807, 2.05) is 23.8 Å². The highest BCUT2D eigenvalue weighted by molar-refractivity contribution is 5.80. The Labute approximate surface area is 164 Å². The number of likely N-dealkylation sites (tertiary alicyclic amines) is 2. The first-order valence-electron chi connectivity index (χ1n) is 9.47. The molecule has 2 saturated heterocycles. The molecule has 1 spiro atoms. The van der Waals surface area contributed by atoms with Crippen molar-refractivity contribution in [3.63, 3.8) is 0 Å². The number of rotatable bonds is 5. The second-order valence-corrected chi connectivity index (χ2v) is 7.39. The molecule has 1 N–H and O–H groups in total. The number of nitriles is 1. The van der Waals surface area contributed by atoms with Crippen LogP contribution in [-0.4, -0.2) is 77.8 Å². The Morgan fingerprint density at radius 3 is 2.89 bits per heavy atom. The van der Waals surface area contributed by atoms with Gasteiger partial charge in [-0.05, 0) is 13.0 Å². The van der Waals surface area contributed by atoms with Gasteiger partial charge < -0.3 is 14.7 Å². The van der Waals surface area contributed by atoms with Crippen LogP contribution >= 0.6 is 0 Å². The van der Waals surface area contributed by atoms with E-state index in [0.29, 0.717) is 12.4 Å². The van der Waals surface area contributed by atoms with Gasteiger partial charge in [0.05, 0.1) is 12.4 Å². The zero-order chi connectivity index (χ0) is 20.5. The summed E-state index contributed by atoms with van der Waals surface area (Å²) in [4.78, 5) is 21.8. The highest BCUT2D eigenvalue weighted by Gasteiger charge is 2.65. The quantitative estimate of drug-likeness (QED) is 0.768. The predicted molar refractivity (Wildman–Crippen MR) is 101 cm³/mol. The molecule has 3 rings (SSSR count). The zero-order valence-electron chi connectivity index (χ0n) is 16.3. The largest absolute Gasteiger partial charge is 0.354 e. The molecule has 3 aliphatic rings. The van der Waals surface area contributed by atoms with Crippen molar-refractivity contribution in [2.24, 2.45) is 4.99 Å². The monoisotopic (exact) mass is 392 g/mol. The summed E-state index contributed by atoms with van der Waals surface area (Å²) in [7, 11) is 1.88. The molecule has 2 unspecified atom stereocenters. The first-order valence-corrected chi connectivity index (χ1v) is 9.47. The molecule has 0 aliphatic carbocycles. The molecule has 3 heterocycles. The fourth-order valence-electron chi connectivity index (χ4n) is 4.46. The summed E-state index contributed by atoms with van der Waals surface area (Å²) >= 11 is 0. The first-order chi connectivity index (χ1) is 13.3. The molecule has 0 bridgehead atoms. The van der Waals surface area contributed by atoms with Gasteiger partial charge in [-0.1, -0.05) is 19.6 Å². The highest BCUT2D eigenvalue weighted by atomic mass is 19.3. The van der Waals surface area contributed by atoms with Crippen LogP contribution in [0.1, 0.15) is 26.2 Å². The molecule has 1 amide bonds. The third-order valence-electron chi connectivity index (χ3n) is 5.87. The average molecular weight is 392 g/mol. The minimum Gasteiger partial charge on any atom is -0.354 e. The second kappa shape index (κ2) is 7.51. The summed E-state index contributed by atoms with van der Waals surface area (Å²) in [5.41, 5.74) is -0.771. The van der Waals surface area contributed by atoms with Gasteiger partial charge in [0.1, 0.15) is 23.9 Å². The maximum absolute atomic E-state index is 14.9. The molecule has 0 aromatic rings. The lowest BCUT2D eigenvalue weighted by Gasteiger charge is -2.39. The minimum atomic E-state index is -3.00. The van der Waals surface area contributed by atoms with Gasteiger partial charge >= 0.3 is 0 Å². The lowest BCUT2D eigenvalue weighted by Crippen LogP contribution is -2.57. The minimum absolute atomic E-state index is 0.0102. The summed E-state index contributed by atoms with van der Waals surface area (Å²) in [6.45, 7) is 6.92. The molecule has 0 aromatic carbocycles. The van der Waals surface area contributed by atoms with E-state index in [0.717, 1.165) is 12.1 Å². The van der Waals surface area contributed by atoms with Crippen LogP contribution in [-0.2, 0) is 4.79 Å². The van der Waals surface area contributed by atoms with Crippen LogP contribution in [0.4, 0.5) is 8.78 Å². The van der Waals surface area contributed by atoms with E-state index in [1.165, 1.54) is 4.90 Å². The molecule has 0 radical (unpaired) electrons. The number of carbonyl (C=O) groups is 1. The number of likely N-dealkylation sites (N-methyl/N-ethyl adjacent to an activating group) is 2. The van der Waals surface area contributed by atoms with E-state index in [-0.39, 0.29) is 38.5 Å². The summed E-state index contributed by atoms with van der Waals surface area (Å²) in [5, 5.41) is 12.2. The molecular weight excluding hydrogens is 366 g/mol. The van der Waals surface area contributed by atoms with Gasteiger partial charge in [-0.15, -0.1) is 0 Å². The number of amides is 1. The van der Waals surface area contributed by atoms with E-state index in [4.69, 9.17) is 5.26 Å². The Kier molecular flexibility index (Phi) is 5.44. The van der Waals surface area contributed by atoms with Crippen LogP contribution in [0.5, 0.6) is 0 Å². The average Bonchev–Trinajstić information content (AvgIpc) is 3.20. The molecule has 7 nitrogen and oxygen atoms in total. The standard InChI is InChI=1S/C19H26F2N6O/c1-4-14-16(23-5-2)25(3)13-24-17(14)26-10-7-18(12-26)19(20,21)8-11-27(18)15(28)6-9-22/h4,13,16,23H,1,5-8,10-12H2,2-3H3. The number of halogens is 2. The second-order valence-electron chi connectivity index (χ2n) is 7.39. The van der Waals surface area contributed by atoms with Crippen molar-refractivity contribution in [3.05, 3.63) is 24.0 Å². The van der Waals surface area contributed by atoms with Crippen LogP contribution in [0.3, 0.4) is 0 Å². The molecule has 152 valence electrons. The summed E-state index contributed by atoms with van der Waals surface area (Å²) < 4.78 is 29.9. The van der Waals surface area contributed by atoms with Crippen molar-refractivity contribution in [3.8, 4) is 6.07 Å². The van der Waals surface area contributed by atoms with Crippen LogP contribution in [0.25, 0.3) is 0 Å². The fourth-order valence-corrected chi connectivity index (χ4v) is 4.46. The van der Waals surface area contributed by atoms with Crippen LogP contribution in [0.2, 0.25) is 0 Å². The molecule has 28 heavy (non-hydrogen) atoms. The normalized spacial score (nSPS) is 29.0. The number of nitrogens with one attached hydrogen (secondary N) is 1. The van der Waals surface area contributed by atoms with Gasteiger partial charge in [-0.2, -0.15) is 5.26 Å². The lowest BCUT2D eigenvalue weighted by atomic mass is 9.91. The Bertz CT molecular complexity index is 758. The molecule has 0 saturated carbocycles. The Morgan fingerprint density at radius 1 is 1.50 bits per heavy atom. The topological polar surface area (TPSA) is 75.0 Å². The molecule has 0 aromatic heterocycles. The Balaban J connectivity index is 1.94.